The van der Waals surface area contributed by atoms with Crippen molar-refractivity contribution in [1.82, 2.24) is 9.80 Å². The fourth-order valence-electron chi connectivity index (χ4n) is 5.19. The molecule has 0 aromatic heterocycles. The summed E-state index contributed by atoms with van der Waals surface area (Å²) >= 11 is -0.0723. The number of alkyl halides is 3. The zero-order valence-corrected chi connectivity index (χ0v) is 22.6. The van der Waals surface area contributed by atoms with Gasteiger partial charge in [-0.15, -0.1) is 0 Å². The molecule has 1 atom stereocenters. The molecule has 2 aromatic carbocycles. The van der Waals surface area contributed by atoms with Crippen LogP contribution in [0, 0.1) is 5.82 Å². The zero-order valence-electron chi connectivity index (χ0n) is 21.8. The maximum atomic E-state index is 13.2. The highest BCUT2D eigenvalue weighted by molar-refractivity contribution is 8.00. The Labute approximate surface area is 230 Å². The molecule has 0 radical (unpaired) electrons. The van der Waals surface area contributed by atoms with Crippen molar-refractivity contribution < 1.29 is 32.2 Å². The van der Waals surface area contributed by atoms with Gasteiger partial charge in [0.2, 0.25) is 5.91 Å². The monoisotopic (exact) mass is 569 g/mol. The third-order valence-corrected chi connectivity index (χ3v) is 7.89. The number of amides is 1. The van der Waals surface area contributed by atoms with Gasteiger partial charge in [-0.3, -0.25) is 9.69 Å². The van der Waals surface area contributed by atoms with E-state index in [-0.39, 0.29) is 34.5 Å². The summed E-state index contributed by atoms with van der Waals surface area (Å²) in [5.74, 6) is 0.333. The molecule has 1 unspecified atom stereocenters. The molecule has 5 rings (SSSR count). The summed E-state index contributed by atoms with van der Waals surface area (Å²) in [4.78, 5) is 15.5. The first-order valence-electron chi connectivity index (χ1n) is 13.4. The van der Waals surface area contributed by atoms with Gasteiger partial charge in [-0.05, 0) is 67.1 Å². The number of ether oxygens (including phenoxy) is 1. The van der Waals surface area contributed by atoms with Crippen LogP contribution in [0.3, 0.4) is 0 Å². The molecule has 2 aliphatic heterocycles. The lowest BCUT2D eigenvalue weighted by Crippen LogP contribution is -2.51. The molecule has 1 saturated carbocycles. The lowest BCUT2D eigenvalue weighted by Gasteiger charge is -2.35. The topological polar surface area (TPSA) is 65.0 Å². The summed E-state index contributed by atoms with van der Waals surface area (Å²) in [6.45, 7) is 3.16. The summed E-state index contributed by atoms with van der Waals surface area (Å²) in [5, 5.41) is 12.2. The molecule has 2 aromatic rings. The number of halogens is 4. The van der Waals surface area contributed by atoms with Gasteiger partial charge in [-0.25, -0.2) is 4.39 Å². The van der Waals surface area contributed by atoms with Gasteiger partial charge in [0, 0.05) is 61.3 Å². The van der Waals surface area contributed by atoms with E-state index in [1.54, 1.807) is 23.1 Å². The maximum Gasteiger partial charge on any atom is 0.446 e. The van der Waals surface area contributed by atoms with Crippen molar-refractivity contribution in [2.75, 3.05) is 44.6 Å². The van der Waals surface area contributed by atoms with Crippen molar-refractivity contribution in [2.45, 2.75) is 61.1 Å². The number of fused-ring (bicyclic) bond motifs is 1. The molecule has 39 heavy (non-hydrogen) atoms. The van der Waals surface area contributed by atoms with Crippen molar-refractivity contribution >= 4 is 23.4 Å². The fourth-order valence-corrected chi connectivity index (χ4v) is 5.73. The summed E-state index contributed by atoms with van der Waals surface area (Å²) in [5.41, 5.74) is -2.37. The van der Waals surface area contributed by atoms with Gasteiger partial charge in [-0.1, -0.05) is 19.3 Å². The van der Waals surface area contributed by atoms with E-state index in [9.17, 15) is 22.4 Å². The number of aliphatic hydroxyl groups is 1. The van der Waals surface area contributed by atoms with E-state index in [1.807, 2.05) is 0 Å². The number of aliphatic hydroxyl groups excluding tert-OH is 1. The second-order valence-electron chi connectivity index (χ2n) is 10.1. The molecule has 11 heteroatoms. The van der Waals surface area contributed by atoms with Gasteiger partial charge in [0.1, 0.15) is 24.3 Å². The number of piperazine rings is 1. The summed E-state index contributed by atoms with van der Waals surface area (Å²) in [6, 6.07) is 11.6. The number of anilines is 1. The lowest BCUT2D eigenvalue weighted by atomic mass is 9.95. The predicted octanol–water partition coefficient (Wildman–Crippen LogP) is 5.31. The first-order valence-corrected chi connectivity index (χ1v) is 14.2. The molecule has 0 spiro atoms. The Morgan fingerprint density at radius 2 is 1.72 bits per heavy atom. The SMILES string of the molecule is FC(F)(F)Sc1ccc(NC2CCCCC2)cc1.O=C(CO)N1CCN(CC2Cc3cc(F)ccc3O2)CC1. The average molecular weight is 570 g/mol. The molecule has 2 fully saturated rings. The van der Waals surface area contributed by atoms with Crippen molar-refractivity contribution in [3.05, 3.63) is 53.8 Å². The maximum absolute atomic E-state index is 13.2. The van der Waals surface area contributed by atoms with E-state index in [4.69, 9.17) is 9.84 Å². The standard InChI is InChI=1S/C15H19FN2O3.C13H16F3NS/c16-12-1-2-14-11(7-12)8-13(21-14)9-17-3-5-18(6-4-17)15(20)10-19;14-13(15,16)18-12-8-6-11(7-9-12)17-10-4-2-1-3-5-10/h1-2,7,13,19H,3-6,8-10H2;6-10,17H,1-5H2. The highest BCUT2D eigenvalue weighted by Gasteiger charge is 2.29. The summed E-state index contributed by atoms with van der Waals surface area (Å²) in [7, 11) is 0. The first-order chi connectivity index (χ1) is 18.7. The number of nitrogens with one attached hydrogen (secondary N) is 1. The van der Waals surface area contributed by atoms with Gasteiger partial charge >= 0.3 is 5.51 Å². The molecule has 1 amide bonds. The Balaban J connectivity index is 0.000000183. The molecular weight excluding hydrogens is 534 g/mol. The Morgan fingerprint density at radius 1 is 1.03 bits per heavy atom. The molecular formula is C28H35F4N3O3S. The highest BCUT2D eigenvalue weighted by atomic mass is 32.2. The van der Waals surface area contributed by atoms with Crippen molar-refractivity contribution in [3.63, 3.8) is 0 Å². The number of thioether (sulfide) groups is 1. The third-order valence-electron chi connectivity index (χ3n) is 7.15. The van der Waals surface area contributed by atoms with Gasteiger partial charge < -0.3 is 20.1 Å². The molecule has 6 nitrogen and oxygen atoms in total. The largest absolute Gasteiger partial charge is 0.488 e. The number of nitrogens with zero attached hydrogens (tertiary/aromatic N) is 2. The van der Waals surface area contributed by atoms with Gasteiger partial charge in [0.15, 0.2) is 0 Å². The van der Waals surface area contributed by atoms with Crippen LogP contribution in [0.15, 0.2) is 47.4 Å². The third kappa shape index (κ3) is 9.29. The van der Waals surface area contributed by atoms with Crippen LogP contribution in [0.4, 0.5) is 23.2 Å². The molecule has 2 heterocycles. The van der Waals surface area contributed by atoms with Crippen molar-refractivity contribution in [3.8, 4) is 5.75 Å². The number of carbonyl (C=O) groups is 1. The van der Waals surface area contributed by atoms with Crippen molar-refractivity contribution in [2.24, 2.45) is 0 Å². The second kappa shape index (κ2) is 13.7. The first kappa shape index (κ1) is 29.5. The lowest BCUT2D eigenvalue weighted by molar-refractivity contribution is -0.136. The summed E-state index contributed by atoms with van der Waals surface area (Å²) in [6.07, 6.45) is 6.83. The highest BCUT2D eigenvalue weighted by Crippen LogP contribution is 2.37. The predicted molar refractivity (Wildman–Crippen MR) is 143 cm³/mol. The van der Waals surface area contributed by atoms with Crippen LogP contribution in [0.1, 0.15) is 37.7 Å². The number of hydrogen-bond acceptors (Lipinski definition) is 6. The van der Waals surface area contributed by atoms with E-state index >= 15 is 0 Å². The molecule has 1 aliphatic carbocycles. The van der Waals surface area contributed by atoms with Crippen LogP contribution in [0.5, 0.6) is 5.75 Å². The van der Waals surface area contributed by atoms with Gasteiger partial charge in [-0.2, -0.15) is 13.2 Å². The molecule has 2 N–H and O–H groups in total. The van der Waals surface area contributed by atoms with Crippen LogP contribution < -0.4 is 10.1 Å². The molecule has 214 valence electrons. The summed E-state index contributed by atoms with van der Waals surface area (Å²) < 4.78 is 55.5. The Bertz CT molecular complexity index is 1070. The number of rotatable bonds is 6. The van der Waals surface area contributed by atoms with Crippen LogP contribution in [0.2, 0.25) is 0 Å². The normalized spacial score (nSPS) is 20.0. The number of hydrogen-bond donors (Lipinski definition) is 2. The molecule has 3 aliphatic rings. The molecule has 0 bridgehead atoms. The Hall–Kier alpha value is -2.50. The van der Waals surface area contributed by atoms with Crippen LogP contribution in [0.25, 0.3) is 0 Å². The number of carbonyl (C=O) groups excluding carboxylic acids is 1. The fraction of sp³-hybridized carbons (Fsp3) is 0.536. The zero-order chi connectivity index (χ0) is 27.8. The van der Waals surface area contributed by atoms with Crippen LogP contribution in [-0.4, -0.2) is 77.8 Å². The van der Waals surface area contributed by atoms with E-state index in [2.05, 4.69) is 10.2 Å². The quantitative estimate of drug-likeness (QED) is 0.363. The number of benzene rings is 2. The van der Waals surface area contributed by atoms with E-state index in [0.29, 0.717) is 19.1 Å². The Morgan fingerprint density at radius 3 is 2.36 bits per heavy atom. The van der Waals surface area contributed by atoms with E-state index in [0.717, 1.165) is 55.9 Å². The minimum Gasteiger partial charge on any atom is -0.488 e. The minimum absolute atomic E-state index is 0.0434. The minimum atomic E-state index is -4.21. The van der Waals surface area contributed by atoms with Crippen molar-refractivity contribution in [1.29, 1.82) is 0 Å². The second-order valence-corrected chi connectivity index (χ2v) is 11.2. The van der Waals surface area contributed by atoms with Gasteiger partial charge in [0.25, 0.3) is 0 Å². The van der Waals surface area contributed by atoms with Crippen LogP contribution in [-0.2, 0) is 11.2 Å². The average Bonchev–Trinajstić information content (AvgIpc) is 3.31. The smallest absolute Gasteiger partial charge is 0.446 e. The van der Waals surface area contributed by atoms with E-state index in [1.165, 1.54) is 43.5 Å². The Kier molecular flexibility index (Phi) is 10.4. The van der Waals surface area contributed by atoms with Gasteiger partial charge in [0.05, 0.1) is 0 Å². The van der Waals surface area contributed by atoms with E-state index < -0.39 is 12.1 Å². The van der Waals surface area contributed by atoms with Crippen LogP contribution >= 0.6 is 11.8 Å². The molecule has 1 saturated heterocycles.